The normalized spacial score (nSPS) is 11.4. The Balaban J connectivity index is 2.99. The molecule has 0 unspecified atom stereocenters. The highest BCUT2D eigenvalue weighted by molar-refractivity contribution is 7.48. The molecule has 26 heavy (non-hydrogen) atoms. The molecule has 1 aromatic rings. The number of carboxylic acids is 1. The summed E-state index contributed by atoms with van der Waals surface area (Å²) in [6, 6.07) is 3.29. The molecular formula is C15H20F2NO7P. The fraction of sp³-hybridized carbons (Fsp3) is 0.467. The van der Waals surface area contributed by atoms with Crippen molar-refractivity contribution in [2.24, 2.45) is 0 Å². The number of carbonyl (C=O) groups is 2. The topological polar surface area (TPSA) is 111 Å². The summed E-state index contributed by atoms with van der Waals surface area (Å²) < 4.78 is 53.8. The van der Waals surface area contributed by atoms with E-state index in [2.05, 4.69) is 5.32 Å². The zero-order chi connectivity index (χ0) is 19.7. The molecule has 0 atom stereocenters. The molecule has 0 spiro atoms. The summed E-state index contributed by atoms with van der Waals surface area (Å²) in [4.78, 5) is 22.0. The Morgan fingerprint density at radius 2 is 1.81 bits per heavy atom. The molecular weight excluding hydrogens is 375 g/mol. The number of hydrogen-bond acceptors (Lipinski definition) is 6. The molecule has 2 N–H and O–H groups in total. The number of carboxylic acid groups (broad SMARTS) is 1. The van der Waals surface area contributed by atoms with Gasteiger partial charge in [0.25, 0.3) is 6.43 Å². The van der Waals surface area contributed by atoms with E-state index in [1.165, 1.54) is 6.07 Å². The number of aliphatic carboxylic acids is 1. The monoisotopic (exact) mass is 395 g/mol. The Kier molecular flexibility index (Phi) is 8.64. The maximum absolute atomic E-state index is 13.3. The van der Waals surface area contributed by atoms with Gasteiger partial charge in [-0.1, -0.05) is 0 Å². The number of halogens is 2. The predicted octanol–water partition coefficient (Wildman–Crippen LogP) is 3.99. The zero-order valence-electron chi connectivity index (χ0n) is 14.2. The fourth-order valence-corrected chi connectivity index (χ4v) is 3.07. The molecule has 0 bridgehead atoms. The third-order valence-electron chi connectivity index (χ3n) is 2.88. The first-order chi connectivity index (χ1) is 12.2. The van der Waals surface area contributed by atoms with Crippen LogP contribution >= 0.6 is 7.82 Å². The first-order valence-corrected chi connectivity index (χ1v) is 9.19. The molecule has 0 aliphatic heterocycles. The SMILES string of the molecule is CCOP(=O)(OCC)Oc1ccc(NC(=O)CCC(=O)O)cc1C(F)F. The molecule has 0 aliphatic carbocycles. The van der Waals surface area contributed by atoms with Gasteiger partial charge in [-0.3, -0.25) is 18.6 Å². The summed E-state index contributed by atoms with van der Waals surface area (Å²) in [6.45, 7) is 3.05. The molecule has 1 aromatic carbocycles. The van der Waals surface area contributed by atoms with E-state index >= 15 is 0 Å². The highest BCUT2D eigenvalue weighted by atomic mass is 31.2. The molecule has 0 heterocycles. The molecule has 11 heteroatoms. The van der Waals surface area contributed by atoms with E-state index in [9.17, 15) is 22.9 Å². The van der Waals surface area contributed by atoms with Crippen molar-refractivity contribution in [3.63, 3.8) is 0 Å². The maximum atomic E-state index is 13.3. The van der Waals surface area contributed by atoms with E-state index in [1.807, 2.05) is 0 Å². The van der Waals surface area contributed by atoms with Gasteiger partial charge in [0, 0.05) is 12.1 Å². The van der Waals surface area contributed by atoms with E-state index in [0.29, 0.717) is 0 Å². The lowest BCUT2D eigenvalue weighted by molar-refractivity contribution is -0.138. The Bertz CT molecular complexity index is 674. The second-order valence-electron chi connectivity index (χ2n) is 4.87. The number of phosphoric ester groups is 1. The number of hydrogen-bond donors (Lipinski definition) is 2. The van der Waals surface area contributed by atoms with Crippen LogP contribution in [-0.2, 0) is 23.2 Å². The highest BCUT2D eigenvalue weighted by Crippen LogP contribution is 2.51. The van der Waals surface area contributed by atoms with Crippen molar-refractivity contribution in [2.75, 3.05) is 18.5 Å². The zero-order valence-corrected chi connectivity index (χ0v) is 15.1. The van der Waals surface area contributed by atoms with Crippen LogP contribution < -0.4 is 9.84 Å². The maximum Gasteiger partial charge on any atom is 0.530 e. The average molecular weight is 395 g/mol. The number of alkyl halides is 2. The second kappa shape index (κ2) is 10.2. The van der Waals surface area contributed by atoms with Crippen LogP contribution in [0.3, 0.4) is 0 Å². The summed E-state index contributed by atoms with van der Waals surface area (Å²) in [5.41, 5.74) is -0.605. The first-order valence-electron chi connectivity index (χ1n) is 7.73. The predicted molar refractivity (Wildman–Crippen MR) is 88.4 cm³/mol. The summed E-state index contributed by atoms with van der Waals surface area (Å²) >= 11 is 0. The number of carbonyl (C=O) groups excluding carboxylic acids is 1. The van der Waals surface area contributed by atoms with Crippen LogP contribution in [0.4, 0.5) is 14.5 Å². The van der Waals surface area contributed by atoms with Crippen molar-refractivity contribution in [1.29, 1.82) is 0 Å². The van der Waals surface area contributed by atoms with Gasteiger partial charge < -0.3 is 14.9 Å². The van der Waals surface area contributed by atoms with Gasteiger partial charge in [-0.25, -0.2) is 13.3 Å². The number of rotatable bonds is 11. The second-order valence-corrected chi connectivity index (χ2v) is 6.46. The molecule has 0 aliphatic rings. The Hall–Kier alpha value is -2.03. The average Bonchev–Trinajstić information content (AvgIpc) is 2.54. The van der Waals surface area contributed by atoms with Crippen LogP contribution in [0.15, 0.2) is 18.2 Å². The number of benzene rings is 1. The first kappa shape index (κ1) is 22.0. The van der Waals surface area contributed by atoms with E-state index < -0.39 is 37.4 Å². The van der Waals surface area contributed by atoms with Crippen molar-refractivity contribution in [1.82, 2.24) is 0 Å². The minimum Gasteiger partial charge on any atom is -0.481 e. The molecule has 0 aromatic heterocycles. The molecule has 146 valence electrons. The van der Waals surface area contributed by atoms with Crippen LogP contribution in [0, 0.1) is 0 Å². The smallest absolute Gasteiger partial charge is 0.481 e. The summed E-state index contributed by atoms with van der Waals surface area (Å²) in [5.74, 6) is -2.20. The van der Waals surface area contributed by atoms with E-state index in [0.717, 1.165) is 12.1 Å². The number of phosphoric acid groups is 1. The van der Waals surface area contributed by atoms with Crippen LogP contribution in [0.5, 0.6) is 5.75 Å². The van der Waals surface area contributed by atoms with Crippen LogP contribution in [0.25, 0.3) is 0 Å². The van der Waals surface area contributed by atoms with Gasteiger partial charge in [0.05, 0.1) is 25.2 Å². The molecule has 1 amide bonds. The third-order valence-corrected chi connectivity index (χ3v) is 4.45. The number of amides is 1. The molecule has 0 saturated heterocycles. The molecule has 0 fully saturated rings. The largest absolute Gasteiger partial charge is 0.530 e. The van der Waals surface area contributed by atoms with Crippen molar-refractivity contribution >= 4 is 25.4 Å². The third kappa shape index (κ3) is 7.07. The molecule has 0 saturated carbocycles. The van der Waals surface area contributed by atoms with Crippen molar-refractivity contribution < 1.29 is 41.6 Å². The van der Waals surface area contributed by atoms with Gasteiger partial charge >= 0.3 is 13.8 Å². The molecule has 8 nitrogen and oxygen atoms in total. The summed E-state index contributed by atoms with van der Waals surface area (Å²) in [6.07, 6.45) is -3.68. The molecule has 1 rings (SSSR count). The Morgan fingerprint density at radius 1 is 1.19 bits per heavy atom. The van der Waals surface area contributed by atoms with Gasteiger partial charge in [0.15, 0.2) is 0 Å². The minimum atomic E-state index is -4.06. The Labute approximate surface area is 149 Å². The lowest BCUT2D eigenvalue weighted by Gasteiger charge is -2.19. The number of anilines is 1. The Morgan fingerprint density at radius 3 is 2.31 bits per heavy atom. The van der Waals surface area contributed by atoms with Gasteiger partial charge in [0.1, 0.15) is 5.75 Å². The van der Waals surface area contributed by atoms with Gasteiger partial charge in [0.2, 0.25) is 5.91 Å². The van der Waals surface area contributed by atoms with Crippen molar-refractivity contribution in [3.8, 4) is 5.75 Å². The van der Waals surface area contributed by atoms with E-state index in [-0.39, 0.29) is 31.7 Å². The standard InChI is InChI=1S/C15H20F2NO7P/c1-3-23-26(22,24-4-2)25-12-6-5-10(9-11(12)15(16)17)18-13(19)7-8-14(20)21/h5-6,9,15H,3-4,7-8H2,1-2H3,(H,18,19)(H,20,21). The minimum absolute atomic E-state index is 0.0149. The van der Waals surface area contributed by atoms with Gasteiger partial charge in [-0.2, -0.15) is 0 Å². The van der Waals surface area contributed by atoms with Crippen LogP contribution in [-0.4, -0.2) is 30.2 Å². The van der Waals surface area contributed by atoms with Crippen molar-refractivity contribution in [2.45, 2.75) is 33.1 Å². The van der Waals surface area contributed by atoms with Gasteiger partial charge in [-0.15, -0.1) is 0 Å². The summed E-state index contributed by atoms with van der Waals surface area (Å²) in [7, 11) is -4.06. The molecule has 0 radical (unpaired) electrons. The van der Waals surface area contributed by atoms with Crippen LogP contribution in [0.1, 0.15) is 38.7 Å². The lowest BCUT2D eigenvalue weighted by atomic mass is 10.1. The van der Waals surface area contributed by atoms with E-state index in [1.54, 1.807) is 13.8 Å². The quantitative estimate of drug-likeness (QED) is 0.545. The fourth-order valence-electron chi connectivity index (χ4n) is 1.85. The van der Waals surface area contributed by atoms with E-state index in [4.69, 9.17) is 18.7 Å². The summed E-state index contributed by atoms with van der Waals surface area (Å²) in [5, 5.41) is 10.8. The van der Waals surface area contributed by atoms with Crippen molar-refractivity contribution in [3.05, 3.63) is 23.8 Å². The lowest BCUT2D eigenvalue weighted by Crippen LogP contribution is -2.13. The number of nitrogens with one attached hydrogen (secondary N) is 1. The van der Waals surface area contributed by atoms with Crippen LogP contribution in [0.2, 0.25) is 0 Å². The highest BCUT2D eigenvalue weighted by Gasteiger charge is 2.30. The van der Waals surface area contributed by atoms with Gasteiger partial charge in [-0.05, 0) is 32.0 Å².